The molecule has 0 aromatic heterocycles. The number of nitrogens with zero attached hydrogens (tertiary/aromatic N) is 1. The summed E-state index contributed by atoms with van der Waals surface area (Å²) < 4.78 is 0. The normalized spacial score (nSPS) is 21.6. The Hall–Kier alpha value is -1.61. The maximum atomic E-state index is 12.4. The van der Waals surface area contributed by atoms with Crippen molar-refractivity contribution in [3.05, 3.63) is 42.0 Å². The molecule has 2 unspecified atom stereocenters. The molecule has 0 saturated carbocycles. The first-order chi connectivity index (χ1) is 9.59. The molecule has 1 aromatic carbocycles. The molecule has 1 amide bonds. The molecule has 2 rings (SSSR count). The molecule has 2 atom stereocenters. The van der Waals surface area contributed by atoms with Gasteiger partial charge in [0.25, 0.3) is 0 Å². The first-order valence-electron chi connectivity index (χ1n) is 7.32. The molecule has 3 nitrogen and oxygen atoms in total. The predicted molar refractivity (Wildman–Crippen MR) is 81.1 cm³/mol. The molecule has 3 heteroatoms. The summed E-state index contributed by atoms with van der Waals surface area (Å²) >= 11 is 0. The number of carbonyl (C=O) groups excluding carboxylic acids is 1. The molecule has 20 heavy (non-hydrogen) atoms. The molecule has 1 heterocycles. The Morgan fingerprint density at radius 2 is 2.05 bits per heavy atom. The minimum atomic E-state index is -0.468. The van der Waals surface area contributed by atoms with Gasteiger partial charge in [0.2, 0.25) is 5.91 Å². The van der Waals surface area contributed by atoms with Crippen molar-refractivity contribution < 1.29 is 9.90 Å². The zero-order valence-corrected chi connectivity index (χ0v) is 12.2. The third kappa shape index (κ3) is 3.48. The van der Waals surface area contributed by atoms with Crippen molar-refractivity contribution in [1.29, 1.82) is 0 Å². The molecule has 1 saturated heterocycles. The minimum absolute atomic E-state index is 0.0111. The highest BCUT2D eigenvalue weighted by molar-refractivity contribution is 5.95. The summed E-state index contributed by atoms with van der Waals surface area (Å²) in [4.78, 5) is 14.3. The Kier molecular flexibility index (Phi) is 4.96. The summed E-state index contributed by atoms with van der Waals surface area (Å²) in [6.45, 7) is 4.46. The lowest BCUT2D eigenvalue weighted by molar-refractivity contribution is -0.132. The number of hydrogen-bond acceptors (Lipinski definition) is 2. The largest absolute Gasteiger partial charge is 0.391 e. The summed E-state index contributed by atoms with van der Waals surface area (Å²) in [5, 5.41) is 9.83. The van der Waals surface area contributed by atoms with E-state index >= 15 is 0 Å². The topological polar surface area (TPSA) is 40.5 Å². The smallest absolute Gasteiger partial charge is 0.247 e. The monoisotopic (exact) mass is 273 g/mol. The highest BCUT2D eigenvalue weighted by Crippen LogP contribution is 2.21. The summed E-state index contributed by atoms with van der Waals surface area (Å²) in [6.07, 6.45) is 4.22. The van der Waals surface area contributed by atoms with Gasteiger partial charge in [0.15, 0.2) is 0 Å². The maximum Gasteiger partial charge on any atom is 0.247 e. The average Bonchev–Trinajstić information content (AvgIpc) is 2.48. The second-order valence-electron chi connectivity index (χ2n) is 5.53. The van der Waals surface area contributed by atoms with Crippen LogP contribution in [-0.4, -0.2) is 34.6 Å². The van der Waals surface area contributed by atoms with Gasteiger partial charge < -0.3 is 10.0 Å². The van der Waals surface area contributed by atoms with E-state index < -0.39 is 6.10 Å². The lowest BCUT2D eigenvalue weighted by Gasteiger charge is -2.37. The highest BCUT2D eigenvalue weighted by Gasteiger charge is 2.28. The molecule has 108 valence electrons. The van der Waals surface area contributed by atoms with Crippen LogP contribution in [0.4, 0.5) is 0 Å². The number of hydrogen-bond donors (Lipinski definition) is 1. The Morgan fingerprint density at radius 1 is 1.35 bits per heavy atom. The van der Waals surface area contributed by atoms with Gasteiger partial charge in [-0.15, -0.1) is 0 Å². The van der Waals surface area contributed by atoms with Gasteiger partial charge in [-0.05, 0) is 44.2 Å². The molecule has 1 aliphatic rings. The van der Waals surface area contributed by atoms with Gasteiger partial charge >= 0.3 is 0 Å². The first-order valence-corrected chi connectivity index (χ1v) is 7.32. The second-order valence-corrected chi connectivity index (χ2v) is 5.53. The Balaban J connectivity index is 2.14. The van der Waals surface area contributed by atoms with Crippen LogP contribution >= 0.6 is 0 Å². The summed E-state index contributed by atoms with van der Waals surface area (Å²) in [5.74, 6) is 0.0111. The van der Waals surface area contributed by atoms with Gasteiger partial charge in [-0.3, -0.25) is 4.79 Å². The number of aliphatic hydroxyl groups excluding tert-OH is 1. The molecule has 0 spiro atoms. The fraction of sp³-hybridized carbons (Fsp3) is 0.471. The molecule has 0 aliphatic carbocycles. The minimum Gasteiger partial charge on any atom is -0.391 e. The fourth-order valence-corrected chi connectivity index (χ4v) is 2.79. The average molecular weight is 273 g/mol. The zero-order valence-electron chi connectivity index (χ0n) is 12.2. The molecular weight excluding hydrogens is 250 g/mol. The Bertz CT molecular complexity index is 479. The molecule has 1 fully saturated rings. The number of allylic oxidation sites excluding steroid dienone is 1. The number of benzene rings is 1. The number of amides is 1. The summed E-state index contributed by atoms with van der Waals surface area (Å²) in [5.41, 5.74) is 2.02. The van der Waals surface area contributed by atoms with Crippen molar-refractivity contribution in [3.63, 3.8) is 0 Å². The first kappa shape index (κ1) is 14.8. The van der Waals surface area contributed by atoms with Crippen molar-refractivity contribution in [1.82, 2.24) is 4.90 Å². The van der Waals surface area contributed by atoms with Crippen LogP contribution in [0.3, 0.4) is 0 Å². The number of rotatable bonds is 3. The molecule has 1 aromatic rings. The van der Waals surface area contributed by atoms with E-state index in [-0.39, 0.29) is 11.9 Å². The second kappa shape index (κ2) is 6.71. The van der Waals surface area contributed by atoms with Crippen LogP contribution in [-0.2, 0) is 4.79 Å². The Labute approximate surface area is 120 Å². The molecule has 1 N–H and O–H groups in total. The van der Waals surface area contributed by atoms with E-state index in [9.17, 15) is 9.90 Å². The van der Waals surface area contributed by atoms with Crippen LogP contribution in [0.2, 0.25) is 0 Å². The molecular formula is C17H23NO2. The number of carbonyl (C=O) groups is 1. The van der Waals surface area contributed by atoms with E-state index in [4.69, 9.17) is 0 Å². The number of likely N-dealkylation sites (tertiary alicyclic amines) is 1. The van der Waals surface area contributed by atoms with E-state index in [1.807, 2.05) is 42.2 Å². The van der Waals surface area contributed by atoms with Crippen molar-refractivity contribution in [2.24, 2.45) is 0 Å². The summed E-state index contributed by atoms with van der Waals surface area (Å²) in [6, 6.07) is 9.86. The van der Waals surface area contributed by atoms with E-state index in [0.717, 1.165) is 36.9 Å². The van der Waals surface area contributed by atoms with E-state index in [0.29, 0.717) is 0 Å². The standard InChI is InChI=1S/C17H23NO2/c1-13(15-8-4-3-5-9-15)12-17(20)18-11-7-6-10-16(18)14(2)19/h3-5,8-9,12,14,16,19H,6-7,10-11H2,1-2H3/b13-12-. The van der Waals surface area contributed by atoms with Crippen LogP contribution in [0.25, 0.3) is 5.57 Å². The highest BCUT2D eigenvalue weighted by atomic mass is 16.3. The Morgan fingerprint density at radius 3 is 2.70 bits per heavy atom. The molecule has 0 radical (unpaired) electrons. The maximum absolute atomic E-state index is 12.4. The van der Waals surface area contributed by atoms with E-state index in [1.54, 1.807) is 13.0 Å². The predicted octanol–water partition coefficient (Wildman–Crippen LogP) is 2.85. The number of piperidine rings is 1. The van der Waals surface area contributed by atoms with Crippen LogP contribution in [0, 0.1) is 0 Å². The summed E-state index contributed by atoms with van der Waals surface area (Å²) in [7, 11) is 0. The van der Waals surface area contributed by atoms with Crippen LogP contribution < -0.4 is 0 Å². The van der Waals surface area contributed by atoms with Gasteiger partial charge in [-0.25, -0.2) is 0 Å². The lowest BCUT2D eigenvalue weighted by atomic mass is 9.97. The van der Waals surface area contributed by atoms with Gasteiger partial charge in [0, 0.05) is 12.6 Å². The van der Waals surface area contributed by atoms with Gasteiger partial charge in [-0.2, -0.15) is 0 Å². The van der Waals surface area contributed by atoms with Crippen molar-refractivity contribution in [2.75, 3.05) is 6.54 Å². The third-order valence-corrected chi connectivity index (χ3v) is 3.96. The van der Waals surface area contributed by atoms with E-state index in [1.165, 1.54) is 0 Å². The zero-order chi connectivity index (χ0) is 14.5. The van der Waals surface area contributed by atoms with E-state index in [2.05, 4.69) is 0 Å². The van der Waals surface area contributed by atoms with Crippen molar-refractivity contribution >= 4 is 11.5 Å². The quantitative estimate of drug-likeness (QED) is 0.860. The molecule has 1 aliphatic heterocycles. The SMILES string of the molecule is C/C(=C/C(=O)N1CCCCC1C(C)O)c1ccccc1. The van der Waals surface area contributed by atoms with Gasteiger partial charge in [-0.1, -0.05) is 30.3 Å². The molecule has 0 bridgehead atoms. The number of aliphatic hydroxyl groups is 1. The van der Waals surface area contributed by atoms with Crippen LogP contribution in [0.5, 0.6) is 0 Å². The van der Waals surface area contributed by atoms with Crippen LogP contribution in [0.15, 0.2) is 36.4 Å². The van der Waals surface area contributed by atoms with Crippen molar-refractivity contribution in [3.8, 4) is 0 Å². The van der Waals surface area contributed by atoms with Crippen LogP contribution in [0.1, 0.15) is 38.7 Å². The van der Waals surface area contributed by atoms with Crippen molar-refractivity contribution in [2.45, 2.75) is 45.3 Å². The third-order valence-electron chi connectivity index (χ3n) is 3.96. The van der Waals surface area contributed by atoms with Gasteiger partial charge in [0.05, 0.1) is 12.1 Å². The fourth-order valence-electron chi connectivity index (χ4n) is 2.79. The lowest BCUT2D eigenvalue weighted by Crippen LogP contribution is -2.48. The van der Waals surface area contributed by atoms with Gasteiger partial charge in [0.1, 0.15) is 0 Å².